The van der Waals surface area contributed by atoms with Gasteiger partial charge in [-0.1, -0.05) is 55.8 Å². The van der Waals surface area contributed by atoms with Gasteiger partial charge in [-0.15, -0.1) is 0 Å². The maximum Gasteiger partial charge on any atom is 0.223 e. The maximum atomic E-state index is 12.7. The van der Waals surface area contributed by atoms with Crippen molar-refractivity contribution in [1.82, 2.24) is 9.62 Å². The van der Waals surface area contributed by atoms with Gasteiger partial charge in [0, 0.05) is 26.1 Å². The SMILES string of the molecule is CC1=C[C@@H](CNS(=O)(=O)Cc2ccccc2)[C@H](C(C)C)C[C@H]1CC(=O)N1CCCC1. The lowest BCUT2D eigenvalue weighted by Gasteiger charge is -2.37. The van der Waals surface area contributed by atoms with Crippen molar-refractivity contribution in [1.29, 1.82) is 0 Å². The second-order valence-corrected chi connectivity index (χ2v) is 11.1. The van der Waals surface area contributed by atoms with Crippen LogP contribution in [0.5, 0.6) is 0 Å². The van der Waals surface area contributed by atoms with Gasteiger partial charge < -0.3 is 4.90 Å². The topological polar surface area (TPSA) is 66.5 Å². The highest BCUT2D eigenvalue weighted by Gasteiger charge is 2.34. The third-order valence-corrected chi connectivity index (χ3v) is 8.02. The Morgan fingerprint density at radius 1 is 1.17 bits per heavy atom. The fourth-order valence-corrected chi connectivity index (χ4v) is 6.06. The number of likely N-dealkylation sites (tertiary alicyclic amines) is 1. The van der Waals surface area contributed by atoms with Crippen molar-refractivity contribution in [2.45, 2.75) is 52.2 Å². The first-order valence-corrected chi connectivity index (χ1v) is 12.9. The number of carbonyl (C=O) groups is 1. The monoisotopic (exact) mass is 432 g/mol. The molecule has 0 unspecified atom stereocenters. The van der Waals surface area contributed by atoms with E-state index in [4.69, 9.17) is 0 Å². The van der Waals surface area contributed by atoms with Gasteiger partial charge in [0.05, 0.1) is 5.75 Å². The molecule has 0 aromatic heterocycles. The van der Waals surface area contributed by atoms with E-state index in [1.807, 2.05) is 35.2 Å². The lowest BCUT2D eigenvalue weighted by molar-refractivity contribution is -0.131. The molecule has 1 amide bonds. The molecule has 1 aromatic carbocycles. The molecule has 1 aromatic rings. The molecule has 2 aliphatic rings. The number of amides is 1. The van der Waals surface area contributed by atoms with Gasteiger partial charge in [0.25, 0.3) is 0 Å². The van der Waals surface area contributed by atoms with Crippen LogP contribution in [0.3, 0.4) is 0 Å². The molecule has 1 saturated heterocycles. The molecule has 1 N–H and O–H groups in total. The van der Waals surface area contributed by atoms with Gasteiger partial charge in [0.1, 0.15) is 0 Å². The maximum absolute atomic E-state index is 12.7. The zero-order chi connectivity index (χ0) is 21.7. The van der Waals surface area contributed by atoms with E-state index in [-0.39, 0.29) is 23.5 Å². The van der Waals surface area contributed by atoms with E-state index in [9.17, 15) is 13.2 Å². The fourth-order valence-electron chi connectivity index (χ4n) is 4.88. The molecule has 1 aliphatic carbocycles. The largest absolute Gasteiger partial charge is 0.343 e. The predicted octanol–water partition coefficient (Wildman–Crippen LogP) is 3.97. The van der Waals surface area contributed by atoms with Crippen molar-refractivity contribution in [3.8, 4) is 0 Å². The van der Waals surface area contributed by atoms with E-state index in [0.29, 0.717) is 24.8 Å². The molecule has 0 spiro atoms. The number of benzene rings is 1. The van der Waals surface area contributed by atoms with Crippen molar-refractivity contribution >= 4 is 15.9 Å². The Kier molecular flexibility index (Phi) is 7.75. The number of allylic oxidation sites excluding steroid dienone is 1. The molecule has 6 heteroatoms. The molecule has 1 aliphatic heterocycles. The molecular weight excluding hydrogens is 396 g/mol. The number of sulfonamides is 1. The lowest BCUT2D eigenvalue weighted by atomic mass is 9.70. The van der Waals surface area contributed by atoms with Crippen molar-refractivity contribution in [2.24, 2.45) is 23.7 Å². The summed E-state index contributed by atoms with van der Waals surface area (Å²) < 4.78 is 28.0. The van der Waals surface area contributed by atoms with Crippen molar-refractivity contribution in [3.05, 3.63) is 47.5 Å². The van der Waals surface area contributed by atoms with E-state index in [0.717, 1.165) is 37.9 Å². The van der Waals surface area contributed by atoms with Gasteiger partial charge in [-0.3, -0.25) is 4.79 Å². The Balaban J connectivity index is 1.63. The van der Waals surface area contributed by atoms with Crippen LogP contribution in [0.1, 0.15) is 52.0 Å². The third-order valence-electron chi connectivity index (χ3n) is 6.70. The number of rotatable bonds is 8. The summed E-state index contributed by atoms with van der Waals surface area (Å²) in [5.41, 5.74) is 2.02. The summed E-state index contributed by atoms with van der Waals surface area (Å²) in [6.07, 6.45) is 5.99. The Morgan fingerprint density at radius 3 is 2.47 bits per heavy atom. The number of nitrogens with one attached hydrogen (secondary N) is 1. The first kappa shape index (κ1) is 23.0. The number of hydrogen-bond acceptors (Lipinski definition) is 3. The van der Waals surface area contributed by atoms with Crippen LogP contribution < -0.4 is 4.72 Å². The summed E-state index contributed by atoms with van der Waals surface area (Å²) in [5, 5.41) is 0. The van der Waals surface area contributed by atoms with Gasteiger partial charge >= 0.3 is 0 Å². The van der Waals surface area contributed by atoms with Crippen molar-refractivity contribution in [2.75, 3.05) is 19.6 Å². The van der Waals surface area contributed by atoms with Crippen molar-refractivity contribution < 1.29 is 13.2 Å². The van der Waals surface area contributed by atoms with E-state index < -0.39 is 10.0 Å². The molecule has 166 valence electrons. The lowest BCUT2D eigenvalue weighted by Crippen LogP contribution is -2.38. The molecule has 0 radical (unpaired) electrons. The quantitative estimate of drug-likeness (QED) is 0.632. The van der Waals surface area contributed by atoms with Gasteiger partial charge in [0.2, 0.25) is 15.9 Å². The summed E-state index contributed by atoms with van der Waals surface area (Å²) in [5.74, 6) is 1.50. The molecular formula is C24H36N2O3S. The number of nitrogens with zero attached hydrogens (tertiary/aromatic N) is 1. The van der Waals surface area contributed by atoms with Gasteiger partial charge in [-0.25, -0.2) is 13.1 Å². The third kappa shape index (κ3) is 6.17. The fraction of sp³-hybridized carbons (Fsp3) is 0.625. The van der Waals surface area contributed by atoms with E-state index >= 15 is 0 Å². The smallest absolute Gasteiger partial charge is 0.223 e. The minimum absolute atomic E-state index is 0.00254. The molecule has 1 fully saturated rings. The van der Waals surface area contributed by atoms with Crippen LogP contribution in [-0.2, 0) is 20.6 Å². The average Bonchev–Trinajstić information content (AvgIpc) is 3.23. The molecule has 1 heterocycles. The average molecular weight is 433 g/mol. The van der Waals surface area contributed by atoms with Crippen LogP contribution >= 0.6 is 0 Å². The van der Waals surface area contributed by atoms with E-state index in [1.165, 1.54) is 5.57 Å². The number of carbonyl (C=O) groups excluding carboxylic acids is 1. The summed E-state index contributed by atoms with van der Waals surface area (Å²) >= 11 is 0. The zero-order valence-electron chi connectivity index (χ0n) is 18.5. The predicted molar refractivity (Wildman–Crippen MR) is 121 cm³/mol. The van der Waals surface area contributed by atoms with Crippen LogP contribution in [0.2, 0.25) is 0 Å². The van der Waals surface area contributed by atoms with Crippen LogP contribution in [0, 0.1) is 23.7 Å². The Bertz CT molecular complexity index is 842. The summed E-state index contributed by atoms with van der Waals surface area (Å²) in [6, 6.07) is 9.27. The summed E-state index contributed by atoms with van der Waals surface area (Å²) in [7, 11) is -3.38. The Hall–Kier alpha value is -1.66. The minimum atomic E-state index is -3.38. The van der Waals surface area contributed by atoms with E-state index in [1.54, 1.807) is 0 Å². The summed E-state index contributed by atoms with van der Waals surface area (Å²) in [6.45, 7) is 8.71. The van der Waals surface area contributed by atoms with Crippen LogP contribution in [0.25, 0.3) is 0 Å². The highest BCUT2D eigenvalue weighted by molar-refractivity contribution is 7.88. The van der Waals surface area contributed by atoms with Crippen LogP contribution in [0.4, 0.5) is 0 Å². The first-order chi connectivity index (χ1) is 14.2. The van der Waals surface area contributed by atoms with Gasteiger partial charge in [0.15, 0.2) is 0 Å². The molecule has 30 heavy (non-hydrogen) atoms. The molecule has 3 atom stereocenters. The molecule has 5 nitrogen and oxygen atoms in total. The highest BCUT2D eigenvalue weighted by Crippen LogP contribution is 2.39. The van der Waals surface area contributed by atoms with Crippen LogP contribution in [0.15, 0.2) is 42.0 Å². The first-order valence-electron chi connectivity index (χ1n) is 11.2. The molecule has 3 rings (SSSR count). The Labute approximate surface area is 182 Å². The molecule has 0 bridgehead atoms. The normalized spacial score (nSPS) is 24.9. The second-order valence-electron chi connectivity index (χ2n) is 9.30. The van der Waals surface area contributed by atoms with Crippen LogP contribution in [-0.4, -0.2) is 38.9 Å². The van der Waals surface area contributed by atoms with E-state index in [2.05, 4.69) is 31.6 Å². The Morgan fingerprint density at radius 2 is 1.83 bits per heavy atom. The zero-order valence-corrected chi connectivity index (χ0v) is 19.3. The highest BCUT2D eigenvalue weighted by atomic mass is 32.2. The number of hydrogen-bond donors (Lipinski definition) is 1. The second kappa shape index (κ2) is 10.1. The standard InChI is InChI=1S/C24H36N2O3S/c1-18(2)23-14-21(15-24(27)26-11-7-8-12-26)19(3)13-22(23)16-25-30(28,29)17-20-9-5-4-6-10-20/h4-6,9-10,13,18,21-23,25H,7-8,11-12,14-17H2,1-3H3/t21-,22-,23-/m0/s1. The van der Waals surface area contributed by atoms with Gasteiger partial charge in [-0.2, -0.15) is 0 Å². The molecule has 0 saturated carbocycles. The summed E-state index contributed by atoms with van der Waals surface area (Å²) in [4.78, 5) is 14.7. The minimum Gasteiger partial charge on any atom is -0.343 e. The van der Waals surface area contributed by atoms with Crippen molar-refractivity contribution in [3.63, 3.8) is 0 Å². The van der Waals surface area contributed by atoms with Gasteiger partial charge in [-0.05, 0) is 55.4 Å².